The van der Waals surface area contributed by atoms with E-state index in [9.17, 15) is 14.3 Å². The number of hydrogen-bond acceptors (Lipinski definition) is 5. The van der Waals surface area contributed by atoms with Gasteiger partial charge in [0.15, 0.2) is 11.6 Å². The molecular weight excluding hydrogens is 379 g/mol. The van der Waals surface area contributed by atoms with Crippen molar-refractivity contribution in [2.45, 2.75) is 44.3 Å². The number of carbonyl (C=O) groups is 2. The molecule has 3 saturated heterocycles. The van der Waals surface area contributed by atoms with Crippen molar-refractivity contribution in [2.24, 2.45) is 11.8 Å². The summed E-state index contributed by atoms with van der Waals surface area (Å²) in [6, 6.07) is 5.23. The molecule has 1 aromatic rings. The number of ether oxygens (including phenoxy) is 1. The van der Waals surface area contributed by atoms with Gasteiger partial charge in [0.05, 0.1) is 19.8 Å². The van der Waals surface area contributed by atoms with Gasteiger partial charge < -0.3 is 19.8 Å². The largest absolute Gasteiger partial charge is 0.494 e. The first-order chi connectivity index (χ1) is 14.0. The number of hydrogen-bond donors (Lipinski definition) is 2. The summed E-state index contributed by atoms with van der Waals surface area (Å²) in [5.74, 6) is 0.912. The highest BCUT2D eigenvalue weighted by Crippen LogP contribution is 2.41. The molecule has 8 heteroatoms. The van der Waals surface area contributed by atoms with Crippen LogP contribution in [0.1, 0.15) is 31.2 Å². The van der Waals surface area contributed by atoms with Crippen LogP contribution in [0.4, 0.5) is 4.39 Å². The van der Waals surface area contributed by atoms with E-state index in [2.05, 4.69) is 4.90 Å². The van der Waals surface area contributed by atoms with Crippen molar-refractivity contribution in [2.75, 3.05) is 26.8 Å². The highest BCUT2D eigenvalue weighted by Gasteiger charge is 2.48. The number of fused-ring (bicyclic) bond motifs is 4. The highest BCUT2D eigenvalue weighted by atomic mass is 19.1. The van der Waals surface area contributed by atoms with Gasteiger partial charge in [-0.2, -0.15) is 0 Å². The van der Waals surface area contributed by atoms with Crippen molar-refractivity contribution in [3.05, 3.63) is 29.6 Å². The third-order valence-electron chi connectivity index (χ3n) is 6.38. The third-order valence-corrected chi connectivity index (χ3v) is 6.38. The Labute approximate surface area is 170 Å². The third kappa shape index (κ3) is 4.53. The van der Waals surface area contributed by atoms with Crippen LogP contribution >= 0.6 is 0 Å². The molecule has 4 atom stereocenters. The molecule has 160 valence electrons. The summed E-state index contributed by atoms with van der Waals surface area (Å²) >= 11 is 0. The van der Waals surface area contributed by atoms with Crippen molar-refractivity contribution < 1.29 is 28.9 Å². The molecule has 7 nitrogen and oxygen atoms in total. The Kier molecular flexibility index (Phi) is 7.08. The molecule has 3 fully saturated rings. The van der Waals surface area contributed by atoms with E-state index in [0.717, 1.165) is 44.5 Å². The van der Waals surface area contributed by atoms with Gasteiger partial charge in [0.1, 0.15) is 0 Å². The van der Waals surface area contributed by atoms with E-state index in [1.54, 1.807) is 6.07 Å². The summed E-state index contributed by atoms with van der Waals surface area (Å²) < 4.78 is 18.7. The number of rotatable bonds is 4. The number of likely N-dealkylation sites (tertiary alicyclic amines) is 1. The van der Waals surface area contributed by atoms with Gasteiger partial charge in [-0.25, -0.2) is 4.39 Å². The number of aliphatic hydroxyl groups is 1. The Balaban J connectivity index is 0.000000755. The predicted molar refractivity (Wildman–Crippen MR) is 104 cm³/mol. The van der Waals surface area contributed by atoms with Crippen molar-refractivity contribution in [3.63, 3.8) is 0 Å². The van der Waals surface area contributed by atoms with Crippen molar-refractivity contribution >= 4 is 12.4 Å². The van der Waals surface area contributed by atoms with Gasteiger partial charge in [0.25, 0.3) is 6.47 Å². The molecule has 1 aromatic carbocycles. The molecule has 0 aromatic heterocycles. The number of carbonyl (C=O) groups excluding carboxylic acids is 1. The molecule has 0 unspecified atom stereocenters. The Hall–Kier alpha value is -2.19. The van der Waals surface area contributed by atoms with Crippen LogP contribution in [0.2, 0.25) is 0 Å². The molecular formula is C21H29FN2O5. The second-order valence-corrected chi connectivity index (χ2v) is 8.03. The van der Waals surface area contributed by atoms with Gasteiger partial charge in [-0.05, 0) is 48.8 Å². The van der Waals surface area contributed by atoms with Gasteiger partial charge in [0.2, 0.25) is 5.91 Å². The zero-order chi connectivity index (χ0) is 21.0. The Bertz CT molecular complexity index is 717. The van der Waals surface area contributed by atoms with Crippen molar-refractivity contribution in [1.29, 1.82) is 0 Å². The van der Waals surface area contributed by atoms with Crippen molar-refractivity contribution in [3.8, 4) is 5.75 Å². The molecule has 3 aliphatic rings. The summed E-state index contributed by atoms with van der Waals surface area (Å²) in [5, 5.41) is 16.9. The molecule has 2 bridgehead atoms. The van der Waals surface area contributed by atoms with Crippen LogP contribution in [0.25, 0.3) is 0 Å². The van der Waals surface area contributed by atoms with Crippen LogP contribution in [-0.4, -0.2) is 71.3 Å². The Morgan fingerprint density at radius 1 is 1.31 bits per heavy atom. The summed E-state index contributed by atoms with van der Waals surface area (Å²) in [5.41, 5.74) is 1.03. The summed E-state index contributed by atoms with van der Waals surface area (Å²) in [6.07, 6.45) is 3.70. The lowest BCUT2D eigenvalue weighted by Gasteiger charge is -2.56. The predicted octanol–water partition coefficient (Wildman–Crippen LogP) is 1.73. The molecule has 2 N–H and O–H groups in total. The van der Waals surface area contributed by atoms with E-state index in [-0.39, 0.29) is 42.6 Å². The number of benzene rings is 1. The fourth-order valence-corrected chi connectivity index (χ4v) is 5.30. The minimum Gasteiger partial charge on any atom is -0.494 e. The number of carboxylic acid groups (broad SMARTS) is 1. The van der Waals surface area contributed by atoms with Crippen LogP contribution < -0.4 is 4.74 Å². The molecule has 29 heavy (non-hydrogen) atoms. The number of piperidine rings is 3. The second-order valence-electron chi connectivity index (χ2n) is 8.03. The molecule has 0 spiro atoms. The Morgan fingerprint density at radius 2 is 2.03 bits per heavy atom. The zero-order valence-corrected chi connectivity index (χ0v) is 16.7. The topological polar surface area (TPSA) is 90.3 Å². The average Bonchev–Trinajstić information content (AvgIpc) is 2.71. The normalized spacial score (nSPS) is 28.8. The number of halogens is 1. The first-order valence-electron chi connectivity index (χ1n) is 10.1. The van der Waals surface area contributed by atoms with Gasteiger partial charge in [-0.1, -0.05) is 6.07 Å². The van der Waals surface area contributed by atoms with Gasteiger partial charge >= 0.3 is 0 Å². The minimum absolute atomic E-state index is 0.0395. The van der Waals surface area contributed by atoms with Gasteiger partial charge in [-0.3, -0.25) is 14.5 Å². The van der Waals surface area contributed by atoms with E-state index in [1.807, 2.05) is 11.0 Å². The van der Waals surface area contributed by atoms with E-state index < -0.39 is 0 Å². The molecule has 0 saturated carbocycles. The molecule has 0 radical (unpaired) electrons. The summed E-state index contributed by atoms with van der Waals surface area (Å²) in [4.78, 5) is 25.2. The van der Waals surface area contributed by atoms with Crippen LogP contribution in [0.5, 0.6) is 5.75 Å². The summed E-state index contributed by atoms with van der Waals surface area (Å²) in [7, 11) is 1.48. The standard InChI is InChI=1S/C20H27FN2O3.CH2O2/c1-26-19-7-13(5-6-16(19)21)9-22-10-14-8-15(11-22)18(12-24)23-17(14)3-2-4-20(23)25;2-1-3/h5-7,14-15,17-18,24H,2-4,8-12H2,1H3;1H,(H,2,3)/t14-,15+,17+,18+;/m1./s1. The quantitative estimate of drug-likeness (QED) is 0.738. The summed E-state index contributed by atoms with van der Waals surface area (Å²) in [6.45, 7) is 2.33. The SMILES string of the molecule is COc1cc(CN2C[C@H]3C[C@@H](C2)[C@H](CO)N2C(=O)CCC[C@@H]32)ccc1F.O=CO. The lowest BCUT2D eigenvalue weighted by Crippen LogP contribution is -2.65. The smallest absolute Gasteiger partial charge is 0.290 e. The maximum atomic E-state index is 13.7. The molecule has 3 heterocycles. The van der Waals surface area contributed by atoms with Crippen LogP contribution in [0.3, 0.4) is 0 Å². The molecule has 4 rings (SSSR count). The van der Waals surface area contributed by atoms with E-state index in [1.165, 1.54) is 13.2 Å². The van der Waals surface area contributed by atoms with Crippen LogP contribution in [0.15, 0.2) is 18.2 Å². The van der Waals surface area contributed by atoms with Crippen LogP contribution in [0, 0.1) is 17.7 Å². The second kappa shape index (κ2) is 9.54. The average molecular weight is 408 g/mol. The number of aliphatic hydroxyl groups excluding tert-OH is 1. The fraction of sp³-hybridized carbons (Fsp3) is 0.619. The zero-order valence-electron chi connectivity index (χ0n) is 16.7. The maximum absolute atomic E-state index is 13.7. The number of nitrogens with zero attached hydrogens (tertiary/aromatic N) is 2. The van der Waals surface area contributed by atoms with E-state index >= 15 is 0 Å². The molecule has 1 amide bonds. The van der Waals surface area contributed by atoms with Gasteiger partial charge in [0, 0.05) is 32.1 Å². The maximum Gasteiger partial charge on any atom is 0.290 e. The molecule has 3 aliphatic heterocycles. The Morgan fingerprint density at radius 3 is 2.72 bits per heavy atom. The van der Waals surface area contributed by atoms with E-state index in [4.69, 9.17) is 14.6 Å². The highest BCUT2D eigenvalue weighted by molar-refractivity contribution is 5.78. The van der Waals surface area contributed by atoms with Crippen LogP contribution in [-0.2, 0) is 16.1 Å². The number of methoxy groups -OCH3 is 1. The monoisotopic (exact) mass is 408 g/mol. The first kappa shape index (κ1) is 21.5. The van der Waals surface area contributed by atoms with Crippen molar-refractivity contribution in [1.82, 2.24) is 9.80 Å². The minimum atomic E-state index is -0.344. The van der Waals surface area contributed by atoms with Gasteiger partial charge in [-0.15, -0.1) is 0 Å². The fourth-order valence-electron chi connectivity index (χ4n) is 5.30. The number of amides is 1. The lowest BCUT2D eigenvalue weighted by atomic mass is 9.72. The molecule has 0 aliphatic carbocycles. The first-order valence-corrected chi connectivity index (χ1v) is 10.1. The lowest BCUT2D eigenvalue weighted by molar-refractivity contribution is -0.155. The van der Waals surface area contributed by atoms with E-state index in [0.29, 0.717) is 18.3 Å².